The summed E-state index contributed by atoms with van der Waals surface area (Å²) in [6.07, 6.45) is 0. The third-order valence-electron chi connectivity index (χ3n) is 2.82. The van der Waals surface area contributed by atoms with Crippen molar-refractivity contribution < 1.29 is 8.42 Å². The van der Waals surface area contributed by atoms with Crippen LogP contribution in [0.5, 0.6) is 0 Å². The molecule has 92 valence electrons. The number of aryl methyl sites for hydroxylation is 2. The van der Waals surface area contributed by atoms with Crippen LogP contribution in [-0.4, -0.2) is 24.6 Å². The Balaban J connectivity index is 2.84. The summed E-state index contributed by atoms with van der Waals surface area (Å²) >= 11 is 0. The third-order valence-corrected chi connectivity index (χ3v) is 4.23. The van der Waals surface area contributed by atoms with Gasteiger partial charge in [0.1, 0.15) is 0 Å². The molecule has 0 fully saturated rings. The normalized spacial score (nSPS) is 12.2. The molecule has 1 N–H and O–H groups in total. The first-order valence-electron chi connectivity index (χ1n) is 4.97. The van der Waals surface area contributed by atoms with E-state index in [-0.39, 0.29) is 10.6 Å². The number of imidazole rings is 1. The van der Waals surface area contributed by atoms with Gasteiger partial charge < -0.3 is 0 Å². The molecule has 6 nitrogen and oxygen atoms in total. The first-order valence-corrected chi connectivity index (χ1v) is 6.46. The van der Waals surface area contributed by atoms with Crippen molar-refractivity contribution in [1.29, 1.82) is 0 Å². The van der Waals surface area contributed by atoms with E-state index in [1.807, 2.05) is 0 Å². The molecule has 2 aromatic rings. The minimum atomic E-state index is -3.48. The van der Waals surface area contributed by atoms with Crippen LogP contribution in [0.15, 0.2) is 27.9 Å². The number of nitrogens with zero attached hydrogens (tertiary/aromatic N) is 2. The molecular formula is C10H13N3O3S. The molecule has 1 heterocycles. The smallest absolute Gasteiger partial charge is 0.295 e. The van der Waals surface area contributed by atoms with Gasteiger partial charge in [-0.05, 0) is 25.2 Å². The molecule has 17 heavy (non-hydrogen) atoms. The zero-order valence-electron chi connectivity index (χ0n) is 9.76. The Kier molecular flexibility index (Phi) is 2.59. The topological polar surface area (TPSA) is 73.1 Å². The third kappa shape index (κ3) is 1.67. The molecule has 0 unspecified atom stereocenters. The maximum absolute atomic E-state index is 11.7. The molecule has 0 aliphatic carbocycles. The fourth-order valence-corrected chi connectivity index (χ4v) is 2.52. The van der Waals surface area contributed by atoms with Gasteiger partial charge in [-0.1, -0.05) is 0 Å². The largest absolute Gasteiger partial charge is 0.328 e. The second-order valence-corrected chi connectivity index (χ2v) is 5.65. The summed E-state index contributed by atoms with van der Waals surface area (Å²) in [7, 11) is 1.13. The average Bonchev–Trinajstić information content (AvgIpc) is 2.54. The summed E-state index contributed by atoms with van der Waals surface area (Å²) < 4.78 is 28.4. The van der Waals surface area contributed by atoms with E-state index in [0.29, 0.717) is 11.0 Å². The first kappa shape index (κ1) is 11.9. The monoisotopic (exact) mass is 255 g/mol. The Labute approximate surface area is 98.5 Å². The highest BCUT2D eigenvalue weighted by Gasteiger charge is 2.14. The van der Waals surface area contributed by atoms with Gasteiger partial charge in [0.2, 0.25) is 10.0 Å². The Morgan fingerprint density at radius 2 is 1.71 bits per heavy atom. The van der Waals surface area contributed by atoms with E-state index in [9.17, 15) is 13.2 Å². The van der Waals surface area contributed by atoms with E-state index < -0.39 is 10.0 Å². The van der Waals surface area contributed by atoms with E-state index >= 15 is 0 Å². The number of sulfonamides is 1. The number of benzene rings is 1. The highest BCUT2D eigenvalue weighted by molar-refractivity contribution is 7.89. The molecule has 0 saturated heterocycles. The summed E-state index contributed by atoms with van der Waals surface area (Å²) in [5, 5.41) is 0. The molecule has 0 aliphatic rings. The van der Waals surface area contributed by atoms with Crippen LogP contribution in [0, 0.1) is 0 Å². The van der Waals surface area contributed by atoms with Crippen molar-refractivity contribution >= 4 is 21.1 Å². The summed E-state index contributed by atoms with van der Waals surface area (Å²) in [6, 6.07) is 4.59. The van der Waals surface area contributed by atoms with Crippen LogP contribution in [0.2, 0.25) is 0 Å². The van der Waals surface area contributed by atoms with Gasteiger partial charge in [0.15, 0.2) is 0 Å². The lowest BCUT2D eigenvalue weighted by Gasteiger charge is -2.03. The standard InChI is InChI=1S/C10H13N3O3S/c1-11-17(15,16)7-4-5-8-9(6-7)13(3)10(14)12(8)2/h4-6,11H,1-3H3. The van der Waals surface area contributed by atoms with Gasteiger partial charge in [0, 0.05) is 14.1 Å². The van der Waals surface area contributed by atoms with Gasteiger partial charge in [-0.3, -0.25) is 9.13 Å². The van der Waals surface area contributed by atoms with Crippen molar-refractivity contribution in [1.82, 2.24) is 13.9 Å². The van der Waals surface area contributed by atoms with E-state index in [1.165, 1.54) is 28.3 Å². The molecule has 0 radical (unpaired) electrons. The number of hydrogen-bond acceptors (Lipinski definition) is 3. The lowest BCUT2D eigenvalue weighted by Crippen LogP contribution is -2.19. The number of rotatable bonds is 2. The molecule has 0 amide bonds. The van der Waals surface area contributed by atoms with E-state index in [0.717, 1.165) is 0 Å². The van der Waals surface area contributed by atoms with Gasteiger partial charge in [0.05, 0.1) is 15.9 Å². The van der Waals surface area contributed by atoms with Crippen molar-refractivity contribution in [3.63, 3.8) is 0 Å². The molecule has 7 heteroatoms. The van der Waals surface area contributed by atoms with Crippen molar-refractivity contribution in [2.24, 2.45) is 14.1 Å². The maximum Gasteiger partial charge on any atom is 0.328 e. The van der Waals surface area contributed by atoms with Gasteiger partial charge in [-0.25, -0.2) is 17.9 Å². The Bertz CT molecular complexity index is 740. The summed E-state index contributed by atoms with van der Waals surface area (Å²) in [4.78, 5) is 11.8. The zero-order chi connectivity index (χ0) is 12.8. The molecule has 0 bridgehead atoms. The molecule has 0 spiro atoms. The maximum atomic E-state index is 11.7. The SMILES string of the molecule is CNS(=O)(=O)c1ccc2c(c1)n(C)c(=O)n2C. The Hall–Kier alpha value is -1.60. The molecule has 2 rings (SSSR count). The van der Waals surface area contributed by atoms with Crippen LogP contribution in [0.3, 0.4) is 0 Å². The predicted molar refractivity (Wildman–Crippen MR) is 64.4 cm³/mol. The molecule has 1 aromatic heterocycles. The molecule has 0 aliphatic heterocycles. The number of nitrogens with one attached hydrogen (secondary N) is 1. The van der Waals surface area contributed by atoms with Crippen LogP contribution in [-0.2, 0) is 24.1 Å². The van der Waals surface area contributed by atoms with Gasteiger partial charge >= 0.3 is 5.69 Å². The van der Waals surface area contributed by atoms with Crippen LogP contribution in [0.1, 0.15) is 0 Å². The highest BCUT2D eigenvalue weighted by Crippen LogP contribution is 2.17. The van der Waals surface area contributed by atoms with Crippen molar-refractivity contribution in [3.8, 4) is 0 Å². The van der Waals surface area contributed by atoms with Crippen molar-refractivity contribution in [2.75, 3.05) is 7.05 Å². The lowest BCUT2D eigenvalue weighted by atomic mass is 10.3. The quantitative estimate of drug-likeness (QED) is 0.806. The summed E-state index contributed by atoms with van der Waals surface area (Å²) in [5.41, 5.74) is 1.11. The average molecular weight is 255 g/mol. The van der Waals surface area contributed by atoms with Gasteiger partial charge in [-0.15, -0.1) is 0 Å². The lowest BCUT2D eigenvalue weighted by molar-refractivity contribution is 0.588. The molecule has 1 aromatic carbocycles. The van der Waals surface area contributed by atoms with Crippen molar-refractivity contribution in [2.45, 2.75) is 4.90 Å². The van der Waals surface area contributed by atoms with E-state index in [1.54, 1.807) is 20.2 Å². The van der Waals surface area contributed by atoms with Crippen molar-refractivity contribution in [3.05, 3.63) is 28.7 Å². The van der Waals surface area contributed by atoms with Gasteiger partial charge in [0.25, 0.3) is 0 Å². The van der Waals surface area contributed by atoms with E-state index in [4.69, 9.17) is 0 Å². The Morgan fingerprint density at radius 3 is 2.29 bits per heavy atom. The van der Waals surface area contributed by atoms with E-state index in [2.05, 4.69) is 4.72 Å². The second kappa shape index (κ2) is 3.71. The van der Waals surface area contributed by atoms with Crippen LogP contribution < -0.4 is 10.4 Å². The minimum Gasteiger partial charge on any atom is -0.295 e. The van der Waals surface area contributed by atoms with Crippen LogP contribution in [0.25, 0.3) is 11.0 Å². The fourth-order valence-electron chi connectivity index (χ4n) is 1.77. The number of aromatic nitrogens is 2. The summed E-state index contributed by atoms with van der Waals surface area (Å²) in [6.45, 7) is 0. The van der Waals surface area contributed by atoms with Crippen LogP contribution in [0.4, 0.5) is 0 Å². The van der Waals surface area contributed by atoms with Gasteiger partial charge in [-0.2, -0.15) is 0 Å². The zero-order valence-corrected chi connectivity index (χ0v) is 10.6. The summed E-state index contributed by atoms with van der Waals surface area (Å²) in [5.74, 6) is 0. The fraction of sp³-hybridized carbons (Fsp3) is 0.300. The Morgan fingerprint density at radius 1 is 1.12 bits per heavy atom. The molecule has 0 atom stereocenters. The number of fused-ring (bicyclic) bond motifs is 1. The first-order chi connectivity index (χ1) is 7.88. The second-order valence-electron chi connectivity index (χ2n) is 3.76. The number of hydrogen-bond donors (Lipinski definition) is 1. The molecular weight excluding hydrogens is 242 g/mol. The predicted octanol–water partition coefficient (Wildman–Crippen LogP) is -0.215. The minimum absolute atomic E-state index is 0.147. The molecule has 0 saturated carbocycles. The van der Waals surface area contributed by atoms with Crippen LogP contribution >= 0.6 is 0 Å². The highest BCUT2D eigenvalue weighted by atomic mass is 32.2.